The normalized spacial score (nSPS) is 10.2. The summed E-state index contributed by atoms with van der Waals surface area (Å²) in [5.74, 6) is 0.606. The molecule has 0 spiro atoms. The second kappa shape index (κ2) is 5.91. The average molecular weight is 230 g/mol. The van der Waals surface area contributed by atoms with Crippen molar-refractivity contribution < 1.29 is 4.74 Å². The Kier molecular flexibility index (Phi) is 3.99. The van der Waals surface area contributed by atoms with Crippen LogP contribution >= 0.6 is 0 Å². The van der Waals surface area contributed by atoms with Crippen molar-refractivity contribution in [1.29, 1.82) is 0 Å². The van der Waals surface area contributed by atoms with Crippen LogP contribution in [0, 0.1) is 0 Å². The molecular weight excluding hydrogens is 216 g/mol. The highest BCUT2D eigenvalue weighted by molar-refractivity contribution is 5.60. The summed E-state index contributed by atoms with van der Waals surface area (Å²) in [5, 5.41) is 3.06. The third-order valence-electron chi connectivity index (χ3n) is 2.24. The van der Waals surface area contributed by atoms with Gasteiger partial charge in [-0.3, -0.25) is 4.98 Å². The summed E-state index contributed by atoms with van der Waals surface area (Å²) >= 11 is 0. The number of nitrogens with zero attached hydrogens (tertiary/aromatic N) is 3. The molecule has 2 aromatic heterocycles. The van der Waals surface area contributed by atoms with Crippen LogP contribution in [0.5, 0.6) is 0 Å². The van der Waals surface area contributed by atoms with Gasteiger partial charge in [0, 0.05) is 49.6 Å². The van der Waals surface area contributed by atoms with Crippen LogP contribution in [0.25, 0.3) is 11.1 Å². The number of ether oxygens (including phenoxy) is 1. The lowest BCUT2D eigenvalue weighted by Crippen LogP contribution is -2.09. The minimum absolute atomic E-state index is 0.606. The molecule has 5 heteroatoms. The third kappa shape index (κ3) is 3.22. The summed E-state index contributed by atoms with van der Waals surface area (Å²) in [6, 6.07) is 3.86. The maximum absolute atomic E-state index is 4.93. The lowest BCUT2D eigenvalue weighted by molar-refractivity contribution is 0.210. The molecule has 0 amide bonds. The van der Waals surface area contributed by atoms with Crippen molar-refractivity contribution >= 4 is 5.95 Å². The van der Waals surface area contributed by atoms with E-state index in [1.165, 1.54) is 0 Å². The summed E-state index contributed by atoms with van der Waals surface area (Å²) in [4.78, 5) is 12.5. The van der Waals surface area contributed by atoms with Gasteiger partial charge >= 0.3 is 0 Å². The lowest BCUT2D eigenvalue weighted by atomic mass is 10.2. The predicted octanol–water partition coefficient (Wildman–Crippen LogP) is 1.60. The third-order valence-corrected chi connectivity index (χ3v) is 2.24. The van der Waals surface area contributed by atoms with Gasteiger partial charge in [0.2, 0.25) is 5.95 Å². The van der Waals surface area contributed by atoms with Crippen molar-refractivity contribution in [1.82, 2.24) is 15.0 Å². The molecule has 1 N–H and O–H groups in total. The highest BCUT2D eigenvalue weighted by atomic mass is 16.5. The molecule has 2 heterocycles. The predicted molar refractivity (Wildman–Crippen MR) is 65.6 cm³/mol. The second-order valence-electron chi connectivity index (χ2n) is 3.46. The van der Waals surface area contributed by atoms with Crippen LogP contribution in [0.15, 0.2) is 36.9 Å². The van der Waals surface area contributed by atoms with Gasteiger partial charge in [0.05, 0.1) is 6.61 Å². The summed E-state index contributed by atoms with van der Waals surface area (Å²) in [6.45, 7) is 1.33. The molecule has 0 aliphatic heterocycles. The number of hydrogen-bond acceptors (Lipinski definition) is 5. The maximum atomic E-state index is 4.93. The summed E-state index contributed by atoms with van der Waals surface area (Å²) in [6.07, 6.45) is 7.08. The molecule has 0 unspecified atom stereocenters. The number of methoxy groups -OCH3 is 1. The fourth-order valence-electron chi connectivity index (χ4n) is 1.37. The SMILES string of the molecule is COCCNc1ncc(-c2cccnc2)cn1. The van der Waals surface area contributed by atoms with E-state index in [4.69, 9.17) is 4.74 Å². The van der Waals surface area contributed by atoms with E-state index < -0.39 is 0 Å². The molecule has 88 valence electrons. The molecule has 2 aromatic rings. The fourth-order valence-corrected chi connectivity index (χ4v) is 1.37. The smallest absolute Gasteiger partial charge is 0.222 e. The van der Waals surface area contributed by atoms with E-state index in [0.717, 1.165) is 11.1 Å². The molecule has 0 fully saturated rings. The number of aromatic nitrogens is 3. The number of anilines is 1. The number of rotatable bonds is 5. The molecule has 17 heavy (non-hydrogen) atoms. The van der Waals surface area contributed by atoms with Crippen LogP contribution in [0.1, 0.15) is 0 Å². The second-order valence-corrected chi connectivity index (χ2v) is 3.46. The lowest BCUT2D eigenvalue weighted by Gasteiger charge is -2.04. The quantitative estimate of drug-likeness (QED) is 0.790. The summed E-state index contributed by atoms with van der Waals surface area (Å²) in [5.41, 5.74) is 1.96. The minimum atomic E-state index is 0.606. The molecule has 0 saturated heterocycles. The minimum Gasteiger partial charge on any atom is -0.383 e. The zero-order chi connectivity index (χ0) is 11.9. The van der Waals surface area contributed by atoms with Gasteiger partial charge < -0.3 is 10.1 Å². The molecule has 0 aliphatic carbocycles. The summed E-state index contributed by atoms with van der Waals surface area (Å²) < 4.78 is 4.93. The topological polar surface area (TPSA) is 59.9 Å². The first-order valence-corrected chi connectivity index (χ1v) is 5.35. The van der Waals surface area contributed by atoms with Crippen LogP contribution in [0.4, 0.5) is 5.95 Å². The Morgan fingerprint density at radius 2 is 2.00 bits per heavy atom. The highest BCUT2D eigenvalue weighted by Gasteiger charge is 1.99. The number of hydrogen-bond donors (Lipinski definition) is 1. The van der Waals surface area contributed by atoms with Crippen molar-refractivity contribution in [3.8, 4) is 11.1 Å². The zero-order valence-corrected chi connectivity index (χ0v) is 9.63. The Balaban J connectivity index is 2.03. The Morgan fingerprint density at radius 3 is 2.65 bits per heavy atom. The Morgan fingerprint density at radius 1 is 1.18 bits per heavy atom. The first-order valence-electron chi connectivity index (χ1n) is 5.35. The van der Waals surface area contributed by atoms with Crippen LogP contribution in [-0.4, -0.2) is 35.2 Å². The van der Waals surface area contributed by atoms with Gasteiger partial charge in [-0.15, -0.1) is 0 Å². The standard InChI is InChI=1S/C12H14N4O/c1-17-6-5-14-12-15-8-11(9-16-12)10-3-2-4-13-7-10/h2-4,7-9H,5-6H2,1H3,(H,14,15,16). The van der Waals surface area contributed by atoms with Gasteiger partial charge in [-0.1, -0.05) is 6.07 Å². The molecule has 0 saturated carbocycles. The van der Waals surface area contributed by atoms with E-state index in [1.807, 2.05) is 12.1 Å². The van der Waals surface area contributed by atoms with Crippen LogP contribution in [0.2, 0.25) is 0 Å². The number of nitrogens with one attached hydrogen (secondary N) is 1. The van der Waals surface area contributed by atoms with Crippen molar-refractivity contribution in [2.75, 3.05) is 25.6 Å². The zero-order valence-electron chi connectivity index (χ0n) is 9.63. The van der Waals surface area contributed by atoms with Crippen molar-refractivity contribution in [2.24, 2.45) is 0 Å². The summed E-state index contributed by atoms with van der Waals surface area (Å²) in [7, 11) is 1.66. The Bertz CT molecular complexity index is 444. The maximum Gasteiger partial charge on any atom is 0.222 e. The van der Waals surface area contributed by atoms with Crippen LogP contribution in [-0.2, 0) is 4.74 Å². The largest absolute Gasteiger partial charge is 0.383 e. The van der Waals surface area contributed by atoms with Crippen molar-refractivity contribution in [2.45, 2.75) is 0 Å². The van der Waals surface area contributed by atoms with Gasteiger partial charge in [0.15, 0.2) is 0 Å². The van der Waals surface area contributed by atoms with Crippen LogP contribution < -0.4 is 5.32 Å². The first kappa shape index (κ1) is 11.5. The van der Waals surface area contributed by atoms with Gasteiger partial charge in [0.25, 0.3) is 0 Å². The fraction of sp³-hybridized carbons (Fsp3) is 0.250. The van der Waals surface area contributed by atoms with E-state index in [2.05, 4.69) is 20.3 Å². The van der Waals surface area contributed by atoms with E-state index in [0.29, 0.717) is 19.1 Å². The van der Waals surface area contributed by atoms with Gasteiger partial charge in [-0.25, -0.2) is 9.97 Å². The van der Waals surface area contributed by atoms with Gasteiger partial charge in [-0.05, 0) is 6.07 Å². The van der Waals surface area contributed by atoms with E-state index in [9.17, 15) is 0 Å². The molecule has 0 bridgehead atoms. The average Bonchev–Trinajstić information content (AvgIpc) is 2.41. The molecule has 0 aliphatic rings. The Hall–Kier alpha value is -2.01. The van der Waals surface area contributed by atoms with Crippen molar-refractivity contribution in [3.63, 3.8) is 0 Å². The molecular formula is C12H14N4O. The number of pyridine rings is 1. The Labute approximate surface area is 99.9 Å². The van der Waals surface area contributed by atoms with Crippen LogP contribution in [0.3, 0.4) is 0 Å². The highest BCUT2D eigenvalue weighted by Crippen LogP contribution is 2.15. The monoisotopic (exact) mass is 230 g/mol. The van der Waals surface area contributed by atoms with Crippen molar-refractivity contribution in [3.05, 3.63) is 36.9 Å². The first-order chi connectivity index (χ1) is 8.40. The molecule has 5 nitrogen and oxygen atoms in total. The molecule has 2 rings (SSSR count). The van der Waals surface area contributed by atoms with E-state index >= 15 is 0 Å². The van der Waals surface area contributed by atoms with E-state index in [-0.39, 0.29) is 0 Å². The van der Waals surface area contributed by atoms with Gasteiger partial charge in [0.1, 0.15) is 0 Å². The molecule has 0 radical (unpaired) electrons. The van der Waals surface area contributed by atoms with Gasteiger partial charge in [-0.2, -0.15) is 0 Å². The molecule has 0 aromatic carbocycles. The van der Waals surface area contributed by atoms with E-state index in [1.54, 1.807) is 31.9 Å². The molecule has 0 atom stereocenters.